The molecule has 0 spiro atoms. The Morgan fingerprint density at radius 2 is 1.84 bits per heavy atom. The predicted molar refractivity (Wildman–Crippen MR) is 94.2 cm³/mol. The third-order valence-corrected chi connectivity index (χ3v) is 4.57. The van der Waals surface area contributed by atoms with Gasteiger partial charge < -0.3 is 19.1 Å². The number of carbonyl (C=O) groups is 1. The summed E-state index contributed by atoms with van der Waals surface area (Å²) >= 11 is 0. The molecule has 0 bridgehead atoms. The zero-order valence-corrected chi connectivity index (χ0v) is 14.2. The molecular weight excluding hydrogens is 318 g/mol. The molecule has 0 aromatic heterocycles. The fourth-order valence-electron chi connectivity index (χ4n) is 3.06. The van der Waals surface area contributed by atoms with Crippen molar-refractivity contribution in [3.05, 3.63) is 53.6 Å². The average Bonchev–Trinajstić information content (AvgIpc) is 3.47. The maximum atomic E-state index is 12.2. The van der Waals surface area contributed by atoms with E-state index in [1.54, 1.807) is 11.9 Å². The smallest absolute Gasteiger partial charge is 0.227 e. The quantitative estimate of drug-likeness (QED) is 0.759. The zero-order valence-electron chi connectivity index (χ0n) is 14.2. The van der Waals surface area contributed by atoms with Crippen LogP contribution >= 0.6 is 0 Å². The molecule has 0 saturated carbocycles. The summed E-state index contributed by atoms with van der Waals surface area (Å²) in [5.74, 6) is 1.63. The summed E-state index contributed by atoms with van der Waals surface area (Å²) in [5.41, 5.74) is 2.95. The molecule has 1 fully saturated rings. The molecule has 0 radical (unpaired) electrons. The van der Waals surface area contributed by atoms with E-state index in [2.05, 4.69) is 0 Å². The molecule has 1 saturated heterocycles. The molecule has 5 nitrogen and oxygen atoms in total. The number of rotatable bonds is 6. The van der Waals surface area contributed by atoms with E-state index in [4.69, 9.17) is 14.2 Å². The number of anilines is 1. The van der Waals surface area contributed by atoms with Gasteiger partial charge >= 0.3 is 0 Å². The SMILES string of the molecule is CN1C(=O)CCc2c(OCC3CO3)ccc(OCc3ccccc3)c21. The minimum absolute atomic E-state index is 0.0970. The van der Waals surface area contributed by atoms with Crippen molar-refractivity contribution in [1.29, 1.82) is 0 Å². The topological polar surface area (TPSA) is 51.3 Å². The van der Waals surface area contributed by atoms with Crippen LogP contribution in [0.3, 0.4) is 0 Å². The molecule has 130 valence electrons. The number of amides is 1. The Morgan fingerprint density at radius 1 is 1.08 bits per heavy atom. The number of ether oxygens (including phenoxy) is 3. The summed E-state index contributed by atoms with van der Waals surface area (Å²) in [4.78, 5) is 13.9. The maximum absolute atomic E-state index is 12.2. The Kier molecular flexibility index (Phi) is 4.32. The molecule has 2 heterocycles. The number of benzene rings is 2. The number of carbonyl (C=O) groups excluding carboxylic acids is 1. The van der Waals surface area contributed by atoms with Crippen LogP contribution in [0, 0.1) is 0 Å². The highest BCUT2D eigenvalue weighted by molar-refractivity contribution is 5.98. The van der Waals surface area contributed by atoms with Gasteiger partial charge in [0.15, 0.2) is 0 Å². The van der Waals surface area contributed by atoms with E-state index >= 15 is 0 Å². The molecule has 4 rings (SSSR count). The van der Waals surface area contributed by atoms with Crippen LogP contribution in [-0.2, 0) is 22.6 Å². The largest absolute Gasteiger partial charge is 0.490 e. The van der Waals surface area contributed by atoms with Gasteiger partial charge in [0.25, 0.3) is 0 Å². The van der Waals surface area contributed by atoms with Gasteiger partial charge in [0, 0.05) is 19.0 Å². The molecule has 2 aliphatic heterocycles. The highest BCUT2D eigenvalue weighted by Gasteiger charge is 2.29. The van der Waals surface area contributed by atoms with Crippen molar-refractivity contribution >= 4 is 11.6 Å². The van der Waals surface area contributed by atoms with Gasteiger partial charge in [-0.25, -0.2) is 0 Å². The first kappa shape index (κ1) is 16.0. The van der Waals surface area contributed by atoms with Crippen LogP contribution in [0.15, 0.2) is 42.5 Å². The van der Waals surface area contributed by atoms with E-state index in [0.717, 1.165) is 29.2 Å². The first-order valence-electron chi connectivity index (χ1n) is 8.56. The maximum Gasteiger partial charge on any atom is 0.227 e. The Labute approximate surface area is 147 Å². The average molecular weight is 339 g/mol. The van der Waals surface area contributed by atoms with Gasteiger partial charge in [-0.05, 0) is 24.1 Å². The van der Waals surface area contributed by atoms with Crippen molar-refractivity contribution in [3.63, 3.8) is 0 Å². The second-order valence-electron chi connectivity index (χ2n) is 6.38. The minimum atomic E-state index is 0.0970. The highest BCUT2D eigenvalue weighted by Crippen LogP contribution is 2.42. The van der Waals surface area contributed by atoms with E-state index in [-0.39, 0.29) is 12.0 Å². The molecule has 2 aromatic rings. The third-order valence-electron chi connectivity index (χ3n) is 4.57. The lowest BCUT2D eigenvalue weighted by atomic mass is 9.99. The van der Waals surface area contributed by atoms with Crippen LogP contribution in [0.5, 0.6) is 11.5 Å². The summed E-state index contributed by atoms with van der Waals surface area (Å²) < 4.78 is 17.1. The number of nitrogens with zero attached hydrogens (tertiary/aromatic N) is 1. The van der Waals surface area contributed by atoms with Crippen molar-refractivity contribution < 1.29 is 19.0 Å². The van der Waals surface area contributed by atoms with Crippen molar-refractivity contribution in [2.45, 2.75) is 25.6 Å². The van der Waals surface area contributed by atoms with E-state index < -0.39 is 0 Å². The number of fused-ring (bicyclic) bond motifs is 1. The monoisotopic (exact) mass is 339 g/mol. The molecule has 0 aliphatic carbocycles. The van der Waals surface area contributed by atoms with Gasteiger partial charge in [-0.3, -0.25) is 4.79 Å². The lowest BCUT2D eigenvalue weighted by molar-refractivity contribution is -0.118. The van der Waals surface area contributed by atoms with Gasteiger partial charge in [0.05, 0.1) is 12.3 Å². The Hall–Kier alpha value is -2.53. The zero-order chi connectivity index (χ0) is 17.2. The number of hydrogen-bond acceptors (Lipinski definition) is 4. The van der Waals surface area contributed by atoms with Crippen LogP contribution in [0.1, 0.15) is 17.5 Å². The molecule has 0 N–H and O–H groups in total. The highest BCUT2D eigenvalue weighted by atomic mass is 16.6. The molecule has 1 amide bonds. The first-order chi connectivity index (χ1) is 12.2. The molecule has 1 unspecified atom stereocenters. The van der Waals surface area contributed by atoms with Crippen molar-refractivity contribution in [2.24, 2.45) is 0 Å². The van der Waals surface area contributed by atoms with Gasteiger partial charge in [-0.2, -0.15) is 0 Å². The van der Waals surface area contributed by atoms with Crippen molar-refractivity contribution in [1.82, 2.24) is 0 Å². The minimum Gasteiger partial charge on any atom is -0.490 e. The third kappa shape index (κ3) is 3.46. The van der Waals surface area contributed by atoms with E-state index in [1.807, 2.05) is 42.5 Å². The van der Waals surface area contributed by atoms with Gasteiger partial charge in [0.1, 0.15) is 30.8 Å². The van der Waals surface area contributed by atoms with E-state index in [9.17, 15) is 4.79 Å². The summed E-state index contributed by atoms with van der Waals surface area (Å²) in [6.07, 6.45) is 1.36. The molecule has 5 heteroatoms. The second kappa shape index (κ2) is 6.76. The summed E-state index contributed by atoms with van der Waals surface area (Å²) in [7, 11) is 1.80. The molecule has 2 aliphatic rings. The molecule has 1 atom stereocenters. The lowest BCUT2D eigenvalue weighted by Crippen LogP contribution is -2.32. The Morgan fingerprint density at radius 3 is 2.60 bits per heavy atom. The second-order valence-corrected chi connectivity index (χ2v) is 6.38. The number of epoxide rings is 1. The molecule has 2 aromatic carbocycles. The van der Waals surface area contributed by atoms with Crippen LogP contribution in [0.25, 0.3) is 0 Å². The Bertz CT molecular complexity index is 771. The van der Waals surface area contributed by atoms with Gasteiger partial charge in [0.2, 0.25) is 5.91 Å². The summed E-state index contributed by atoms with van der Waals surface area (Å²) in [5, 5.41) is 0. The van der Waals surface area contributed by atoms with Crippen molar-refractivity contribution in [2.75, 3.05) is 25.2 Å². The van der Waals surface area contributed by atoms with Gasteiger partial charge in [-0.15, -0.1) is 0 Å². The van der Waals surface area contributed by atoms with Crippen molar-refractivity contribution in [3.8, 4) is 11.5 Å². The Balaban J connectivity index is 1.60. The van der Waals surface area contributed by atoms with E-state index in [1.165, 1.54) is 0 Å². The van der Waals surface area contributed by atoms with Crippen LogP contribution < -0.4 is 14.4 Å². The lowest BCUT2D eigenvalue weighted by Gasteiger charge is -2.29. The number of hydrogen-bond donors (Lipinski definition) is 0. The summed E-state index contributed by atoms with van der Waals surface area (Å²) in [6, 6.07) is 13.8. The van der Waals surface area contributed by atoms with Crippen LogP contribution in [0.2, 0.25) is 0 Å². The molecular formula is C20H21NO4. The molecule has 25 heavy (non-hydrogen) atoms. The normalized spacial score (nSPS) is 18.7. The summed E-state index contributed by atoms with van der Waals surface area (Å²) in [6.45, 7) is 1.78. The first-order valence-corrected chi connectivity index (χ1v) is 8.56. The fraction of sp³-hybridized carbons (Fsp3) is 0.350. The van der Waals surface area contributed by atoms with Gasteiger partial charge in [-0.1, -0.05) is 30.3 Å². The predicted octanol–water partition coefficient (Wildman–Crippen LogP) is 2.95. The van der Waals surface area contributed by atoms with E-state index in [0.29, 0.717) is 31.8 Å². The van der Waals surface area contributed by atoms with Crippen LogP contribution in [-0.4, -0.2) is 32.3 Å². The standard InChI is InChI=1S/C20H21NO4/c1-21-19(22)10-7-16-17(25-13-15-12-23-15)8-9-18(20(16)21)24-11-14-5-3-2-4-6-14/h2-6,8-9,15H,7,10-13H2,1H3. The van der Waals surface area contributed by atoms with Crippen LogP contribution in [0.4, 0.5) is 5.69 Å². The fourth-order valence-corrected chi connectivity index (χ4v) is 3.06.